The number of carbonyl (C=O) groups excluding carboxylic acids is 2. The van der Waals surface area contributed by atoms with Gasteiger partial charge in [0.2, 0.25) is 11.8 Å². The van der Waals surface area contributed by atoms with E-state index in [1.807, 2.05) is 60.7 Å². The number of amides is 2. The van der Waals surface area contributed by atoms with Crippen molar-refractivity contribution in [1.29, 1.82) is 0 Å². The number of rotatable bonds is 14. The number of nitrogens with zero attached hydrogens (tertiary/aromatic N) is 1. The van der Waals surface area contributed by atoms with E-state index in [4.69, 9.17) is 19.9 Å². The van der Waals surface area contributed by atoms with Crippen LogP contribution in [0.3, 0.4) is 0 Å². The van der Waals surface area contributed by atoms with Gasteiger partial charge < -0.3 is 35.7 Å². The van der Waals surface area contributed by atoms with E-state index >= 15 is 0 Å². The van der Waals surface area contributed by atoms with Gasteiger partial charge in [-0.2, -0.15) is 0 Å². The molecule has 0 aliphatic carbocycles. The molecule has 2 aliphatic heterocycles. The molecule has 2 fully saturated rings. The fourth-order valence-electron chi connectivity index (χ4n) is 6.19. The van der Waals surface area contributed by atoms with E-state index in [9.17, 15) is 14.7 Å². The van der Waals surface area contributed by atoms with Crippen molar-refractivity contribution in [2.75, 3.05) is 43.2 Å². The zero-order valence-corrected chi connectivity index (χ0v) is 26.5. The van der Waals surface area contributed by atoms with E-state index in [1.54, 1.807) is 19.2 Å². The highest BCUT2D eigenvalue weighted by atomic mass is 16.7. The van der Waals surface area contributed by atoms with Gasteiger partial charge in [-0.25, -0.2) is 0 Å². The number of aliphatic hydroxyl groups excluding tert-OH is 1. The Morgan fingerprint density at radius 1 is 0.957 bits per heavy atom. The van der Waals surface area contributed by atoms with Crippen LogP contribution in [-0.4, -0.2) is 60.8 Å². The molecule has 2 aliphatic rings. The quantitative estimate of drug-likeness (QED) is 0.134. The lowest BCUT2D eigenvalue weighted by atomic mass is 9.99. The molecule has 0 radical (unpaired) electrons. The van der Waals surface area contributed by atoms with E-state index in [0.717, 1.165) is 42.6 Å². The SMILES string of the molecule is COCC1CCCN1CC1CC(c2ccc(CO)cc2)OC(c2cccc(NC(=O)CCCCC(=O)Nc3ccccc3N)c2)O1. The highest BCUT2D eigenvalue weighted by Crippen LogP contribution is 2.39. The number of likely N-dealkylation sites (tertiary alicyclic amines) is 1. The first kappa shape index (κ1) is 33.6. The molecule has 5 N–H and O–H groups in total. The average Bonchev–Trinajstić information content (AvgIpc) is 3.50. The lowest BCUT2D eigenvalue weighted by molar-refractivity contribution is -0.253. The first-order valence-electron chi connectivity index (χ1n) is 16.2. The number of nitrogen functional groups attached to an aromatic ring is 1. The lowest BCUT2D eigenvalue weighted by Gasteiger charge is -2.39. The van der Waals surface area contributed by atoms with E-state index in [2.05, 4.69) is 15.5 Å². The fraction of sp³-hybridized carbons (Fsp3) is 0.444. The number of unbranched alkanes of at least 4 members (excludes halogenated alkanes) is 1. The number of carbonyl (C=O) groups is 2. The van der Waals surface area contributed by atoms with Gasteiger partial charge in [-0.1, -0.05) is 48.5 Å². The summed E-state index contributed by atoms with van der Waals surface area (Å²) in [6, 6.07) is 23.0. The Hall–Kier alpha value is -3.80. The van der Waals surface area contributed by atoms with E-state index in [0.29, 0.717) is 61.8 Å². The van der Waals surface area contributed by atoms with Crippen LogP contribution in [0.15, 0.2) is 72.8 Å². The molecule has 2 heterocycles. The zero-order valence-electron chi connectivity index (χ0n) is 26.5. The fourth-order valence-corrected chi connectivity index (χ4v) is 6.19. The number of nitrogens with two attached hydrogens (primary N) is 1. The summed E-state index contributed by atoms with van der Waals surface area (Å²) in [5.74, 6) is -0.244. The van der Waals surface area contributed by atoms with Crippen molar-refractivity contribution in [2.24, 2.45) is 0 Å². The monoisotopic (exact) mass is 630 g/mol. The molecule has 3 aromatic carbocycles. The van der Waals surface area contributed by atoms with Crippen LogP contribution in [0.1, 0.15) is 74.0 Å². The van der Waals surface area contributed by atoms with Crippen LogP contribution in [-0.2, 0) is 30.4 Å². The van der Waals surface area contributed by atoms with Gasteiger partial charge in [-0.05, 0) is 67.6 Å². The Kier molecular flexibility index (Phi) is 12.2. The molecule has 4 unspecified atom stereocenters. The number of ether oxygens (including phenoxy) is 3. The van der Waals surface area contributed by atoms with Gasteiger partial charge in [0.25, 0.3) is 0 Å². The van der Waals surface area contributed by atoms with Gasteiger partial charge in [-0.3, -0.25) is 14.5 Å². The second kappa shape index (κ2) is 16.7. The number of benzene rings is 3. The summed E-state index contributed by atoms with van der Waals surface area (Å²) in [6.45, 7) is 2.50. The standard InChI is InChI=1S/C36H46N4O6/c1-44-24-29-10-7-19-40(29)22-30-21-33(26-17-15-25(23-41)16-18-26)46-36(45-30)27-8-6-9-28(20-27)38-34(42)13-4-5-14-35(43)39-32-12-3-2-11-31(32)37/h2-3,6,8-9,11-12,15-18,20,29-30,33,36,41H,4-5,7,10,13-14,19,21-24,37H2,1H3,(H,38,42)(H,39,43). The van der Waals surface area contributed by atoms with Crippen molar-refractivity contribution in [3.05, 3.63) is 89.5 Å². The summed E-state index contributed by atoms with van der Waals surface area (Å²) in [7, 11) is 1.75. The van der Waals surface area contributed by atoms with Gasteiger partial charge in [0, 0.05) is 50.2 Å². The molecule has 0 spiro atoms. The highest BCUT2D eigenvalue weighted by molar-refractivity contribution is 5.94. The topological polar surface area (TPSA) is 135 Å². The molecule has 10 heteroatoms. The molecule has 2 amide bonds. The van der Waals surface area contributed by atoms with Crippen LogP contribution >= 0.6 is 0 Å². The Morgan fingerprint density at radius 2 is 1.72 bits per heavy atom. The number of nitrogens with one attached hydrogen (secondary N) is 2. The summed E-state index contributed by atoms with van der Waals surface area (Å²) in [5, 5.41) is 15.3. The molecule has 0 bridgehead atoms. The minimum absolute atomic E-state index is 0.00628. The van der Waals surface area contributed by atoms with Crippen LogP contribution in [0.5, 0.6) is 0 Å². The molecule has 5 rings (SSSR count). The van der Waals surface area contributed by atoms with E-state index in [-0.39, 0.29) is 30.6 Å². The molecule has 0 saturated carbocycles. The molecule has 246 valence electrons. The minimum Gasteiger partial charge on any atom is -0.397 e. The predicted molar refractivity (Wildman–Crippen MR) is 178 cm³/mol. The maximum absolute atomic E-state index is 12.8. The maximum atomic E-state index is 12.8. The summed E-state index contributed by atoms with van der Waals surface area (Å²) in [5.41, 5.74) is 10.4. The summed E-state index contributed by atoms with van der Waals surface area (Å²) in [6.07, 6.45) is 3.88. The third kappa shape index (κ3) is 9.37. The van der Waals surface area contributed by atoms with Gasteiger partial charge in [0.15, 0.2) is 6.29 Å². The van der Waals surface area contributed by atoms with E-state index < -0.39 is 6.29 Å². The third-order valence-electron chi connectivity index (χ3n) is 8.65. The molecular weight excluding hydrogens is 584 g/mol. The smallest absolute Gasteiger partial charge is 0.224 e. The summed E-state index contributed by atoms with van der Waals surface area (Å²) in [4.78, 5) is 27.5. The van der Waals surface area contributed by atoms with Crippen LogP contribution in [0.4, 0.5) is 17.1 Å². The molecule has 46 heavy (non-hydrogen) atoms. The Bertz CT molecular complexity index is 1430. The second-order valence-electron chi connectivity index (χ2n) is 12.1. The predicted octanol–water partition coefficient (Wildman–Crippen LogP) is 5.55. The number of para-hydroxylation sites is 2. The lowest BCUT2D eigenvalue weighted by Crippen LogP contribution is -2.42. The largest absolute Gasteiger partial charge is 0.397 e. The maximum Gasteiger partial charge on any atom is 0.224 e. The Labute approximate surface area is 271 Å². The molecule has 2 saturated heterocycles. The Morgan fingerprint density at radius 3 is 2.46 bits per heavy atom. The van der Waals surface area contributed by atoms with Gasteiger partial charge in [0.1, 0.15) is 0 Å². The van der Waals surface area contributed by atoms with Gasteiger partial charge in [0.05, 0.1) is 36.8 Å². The van der Waals surface area contributed by atoms with Crippen LogP contribution in [0, 0.1) is 0 Å². The number of aliphatic hydroxyl groups is 1. The van der Waals surface area contributed by atoms with Crippen molar-refractivity contribution < 1.29 is 28.9 Å². The number of hydrogen-bond donors (Lipinski definition) is 4. The van der Waals surface area contributed by atoms with Crippen molar-refractivity contribution >= 4 is 28.9 Å². The van der Waals surface area contributed by atoms with Crippen molar-refractivity contribution in [3.63, 3.8) is 0 Å². The Balaban J connectivity index is 1.18. The van der Waals surface area contributed by atoms with Crippen LogP contribution in [0.2, 0.25) is 0 Å². The zero-order chi connectivity index (χ0) is 32.3. The third-order valence-corrected chi connectivity index (χ3v) is 8.65. The van der Waals surface area contributed by atoms with Crippen molar-refractivity contribution in [2.45, 2.75) is 76.1 Å². The summed E-state index contributed by atoms with van der Waals surface area (Å²) < 4.78 is 18.6. The molecule has 3 aromatic rings. The normalized spacial score (nSPS) is 21.6. The molecule has 0 aromatic heterocycles. The first-order chi connectivity index (χ1) is 22.4. The van der Waals surface area contributed by atoms with Crippen LogP contribution in [0.25, 0.3) is 0 Å². The first-order valence-corrected chi connectivity index (χ1v) is 16.2. The highest BCUT2D eigenvalue weighted by Gasteiger charge is 2.35. The second-order valence-corrected chi connectivity index (χ2v) is 12.1. The average molecular weight is 631 g/mol. The van der Waals surface area contributed by atoms with Gasteiger partial charge in [-0.15, -0.1) is 0 Å². The van der Waals surface area contributed by atoms with Crippen molar-refractivity contribution in [1.82, 2.24) is 4.90 Å². The molecule has 10 nitrogen and oxygen atoms in total. The number of anilines is 3. The number of hydrogen-bond acceptors (Lipinski definition) is 8. The van der Waals surface area contributed by atoms with Crippen LogP contribution < -0.4 is 16.4 Å². The number of methoxy groups -OCH3 is 1. The summed E-state index contributed by atoms with van der Waals surface area (Å²) >= 11 is 0. The molecule has 4 atom stereocenters. The van der Waals surface area contributed by atoms with Gasteiger partial charge >= 0.3 is 0 Å². The van der Waals surface area contributed by atoms with E-state index in [1.165, 1.54) is 0 Å². The minimum atomic E-state index is -0.612. The molecular formula is C36H46N4O6. The van der Waals surface area contributed by atoms with Crippen molar-refractivity contribution in [3.8, 4) is 0 Å².